The van der Waals surface area contributed by atoms with Crippen LogP contribution in [0.3, 0.4) is 0 Å². The van der Waals surface area contributed by atoms with E-state index in [9.17, 15) is 9.59 Å². The van der Waals surface area contributed by atoms with Crippen LogP contribution < -0.4 is 16.6 Å². The van der Waals surface area contributed by atoms with Gasteiger partial charge in [-0.15, -0.1) is 0 Å². The van der Waals surface area contributed by atoms with Crippen molar-refractivity contribution < 1.29 is 9.59 Å². The van der Waals surface area contributed by atoms with E-state index in [2.05, 4.69) is 5.32 Å². The summed E-state index contributed by atoms with van der Waals surface area (Å²) in [6.45, 7) is 1.37. The molecule has 6 heteroatoms. The zero-order chi connectivity index (χ0) is 10.3. The van der Waals surface area contributed by atoms with Gasteiger partial charge in [-0.05, 0) is 18.4 Å². The summed E-state index contributed by atoms with van der Waals surface area (Å²) in [5.74, 6) is 5.18. The average Bonchev–Trinajstić information content (AvgIpc) is 2.10. The van der Waals surface area contributed by atoms with E-state index in [1.807, 2.05) is 11.7 Å². The maximum atomic E-state index is 11.1. The molecule has 0 saturated carbocycles. The SMILES string of the molecule is CSCC[C@H](NC(C)=O)C(=O)NN. The van der Waals surface area contributed by atoms with E-state index in [1.54, 1.807) is 11.8 Å². The van der Waals surface area contributed by atoms with Gasteiger partial charge in [-0.25, -0.2) is 5.84 Å². The highest BCUT2D eigenvalue weighted by Crippen LogP contribution is 2.00. The molecule has 0 heterocycles. The molecule has 0 aromatic heterocycles. The molecule has 0 bridgehead atoms. The predicted molar refractivity (Wildman–Crippen MR) is 52.9 cm³/mol. The molecule has 2 amide bonds. The monoisotopic (exact) mass is 205 g/mol. The van der Waals surface area contributed by atoms with Gasteiger partial charge in [0.1, 0.15) is 6.04 Å². The lowest BCUT2D eigenvalue weighted by Gasteiger charge is -2.14. The van der Waals surface area contributed by atoms with Gasteiger partial charge in [0.2, 0.25) is 5.91 Å². The summed E-state index contributed by atoms with van der Waals surface area (Å²) in [6, 6.07) is -0.519. The molecular formula is C7H15N3O2S. The van der Waals surface area contributed by atoms with Crippen molar-refractivity contribution in [3.8, 4) is 0 Å². The molecule has 4 N–H and O–H groups in total. The van der Waals surface area contributed by atoms with Crippen molar-refractivity contribution in [1.82, 2.24) is 10.7 Å². The zero-order valence-corrected chi connectivity index (χ0v) is 8.61. The molecule has 0 spiro atoms. The van der Waals surface area contributed by atoms with Gasteiger partial charge in [-0.2, -0.15) is 11.8 Å². The number of thioether (sulfide) groups is 1. The largest absolute Gasteiger partial charge is 0.344 e. The van der Waals surface area contributed by atoms with Crippen LogP contribution in [-0.2, 0) is 9.59 Å². The Kier molecular flexibility index (Phi) is 6.34. The Morgan fingerprint density at radius 2 is 2.15 bits per heavy atom. The van der Waals surface area contributed by atoms with Crippen LogP contribution in [0.25, 0.3) is 0 Å². The normalized spacial score (nSPS) is 11.9. The van der Waals surface area contributed by atoms with Gasteiger partial charge >= 0.3 is 0 Å². The summed E-state index contributed by atoms with van der Waals surface area (Å²) in [4.78, 5) is 21.8. The van der Waals surface area contributed by atoms with E-state index in [4.69, 9.17) is 5.84 Å². The lowest BCUT2D eigenvalue weighted by molar-refractivity contribution is -0.128. The Balaban J connectivity index is 4.02. The first-order chi connectivity index (χ1) is 6.11. The van der Waals surface area contributed by atoms with Crippen molar-refractivity contribution in [3.05, 3.63) is 0 Å². The van der Waals surface area contributed by atoms with Crippen LogP contribution in [0.2, 0.25) is 0 Å². The van der Waals surface area contributed by atoms with Crippen LogP contribution in [0.15, 0.2) is 0 Å². The number of nitrogens with one attached hydrogen (secondary N) is 2. The van der Waals surface area contributed by atoms with Crippen molar-refractivity contribution in [2.45, 2.75) is 19.4 Å². The van der Waals surface area contributed by atoms with E-state index in [0.717, 1.165) is 5.75 Å². The van der Waals surface area contributed by atoms with Gasteiger partial charge < -0.3 is 5.32 Å². The molecule has 76 valence electrons. The molecule has 0 aromatic carbocycles. The molecule has 13 heavy (non-hydrogen) atoms. The van der Waals surface area contributed by atoms with Gasteiger partial charge in [0.15, 0.2) is 0 Å². The van der Waals surface area contributed by atoms with Gasteiger partial charge in [-0.3, -0.25) is 15.0 Å². The number of amides is 2. The van der Waals surface area contributed by atoms with E-state index >= 15 is 0 Å². The topological polar surface area (TPSA) is 84.2 Å². The first-order valence-corrected chi connectivity index (χ1v) is 5.27. The summed E-state index contributed by atoms with van der Waals surface area (Å²) < 4.78 is 0. The average molecular weight is 205 g/mol. The van der Waals surface area contributed by atoms with Crippen LogP contribution in [-0.4, -0.2) is 29.9 Å². The smallest absolute Gasteiger partial charge is 0.256 e. The van der Waals surface area contributed by atoms with E-state index in [-0.39, 0.29) is 11.8 Å². The van der Waals surface area contributed by atoms with Crippen LogP contribution in [0.4, 0.5) is 0 Å². The Hall–Kier alpha value is -0.750. The zero-order valence-electron chi connectivity index (χ0n) is 7.79. The second kappa shape index (κ2) is 6.73. The number of hydrogen-bond donors (Lipinski definition) is 3. The van der Waals surface area contributed by atoms with Gasteiger partial charge in [0.05, 0.1) is 0 Å². The maximum absolute atomic E-state index is 11.1. The van der Waals surface area contributed by atoms with E-state index in [1.165, 1.54) is 6.92 Å². The highest BCUT2D eigenvalue weighted by molar-refractivity contribution is 7.98. The minimum atomic E-state index is -0.519. The highest BCUT2D eigenvalue weighted by atomic mass is 32.2. The number of carbonyl (C=O) groups is 2. The molecule has 0 aromatic rings. The van der Waals surface area contributed by atoms with Crippen molar-refractivity contribution >= 4 is 23.6 Å². The second-order valence-corrected chi connectivity index (χ2v) is 3.53. The summed E-state index contributed by atoms with van der Waals surface area (Å²) in [6.07, 6.45) is 2.52. The van der Waals surface area contributed by atoms with Gasteiger partial charge in [0, 0.05) is 6.92 Å². The molecule has 0 radical (unpaired) electrons. The fourth-order valence-electron chi connectivity index (χ4n) is 0.850. The van der Waals surface area contributed by atoms with Gasteiger partial charge in [0.25, 0.3) is 5.91 Å². The number of hydrogen-bond acceptors (Lipinski definition) is 4. The predicted octanol–water partition coefficient (Wildman–Crippen LogP) is -0.766. The van der Waals surface area contributed by atoms with Crippen LogP contribution in [0.5, 0.6) is 0 Å². The minimum Gasteiger partial charge on any atom is -0.344 e. The molecule has 0 fully saturated rings. The van der Waals surface area contributed by atoms with Crippen LogP contribution in [0.1, 0.15) is 13.3 Å². The van der Waals surface area contributed by atoms with Crippen LogP contribution in [0, 0.1) is 0 Å². The standard InChI is InChI=1S/C7H15N3O2S/c1-5(11)9-6(3-4-13-2)7(12)10-8/h6H,3-4,8H2,1-2H3,(H,9,11)(H,10,12)/t6-/m0/s1. The molecule has 0 rings (SSSR count). The van der Waals surface area contributed by atoms with Crippen molar-refractivity contribution in [3.63, 3.8) is 0 Å². The van der Waals surface area contributed by atoms with E-state index in [0.29, 0.717) is 6.42 Å². The number of hydrazine groups is 1. The lowest BCUT2D eigenvalue weighted by Crippen LogP contribution is -2.48. The van der Waals surface area contributed by atoms with E-state index < -0.39 is 6.04 Å². The Labute approximate surface area is 81.8 Å². The second-order valence-electron chi connectivity index (χ2n) is 2.54. The summed E-state index contributed by atoms with van der Waals surface area (Å²) in [7, 11) is 0. The Morgan fingerprint density at radius 3 is 2.54 bits per heavy atom. The summed E-state index contributed by atoms with van der Waals surface area (Å²) in [5, 5.41) is 2.52. The third-order valence-corrected chi connectivity index (χ3v) is 2.09. The van der Waals surface area contributed by atoms with Gasteiger partial charge in [-0.1, -0.05) is 0 Å². The molecule has 1 atom stereocenters. The molecule has 0 unspecified atom stereocenters. The Morgan fingerprint density at radius 1 is 1.54 bits per heavy atom. The highest BCUT2D eigenvalue weighted by Gasteiger charge is 2.17. The number of rotatable bonds is 5. The first kappa shape index (κ1) is 12.2. The molecule has 0 saturated heterocycles. The lowest BCUT2D eigenvalue weighted by atomic mass is 10.2. The molecule has 5 nitrogen and oxygen atoms in total. The Bertz CT molecular complexity index is 187. The molecule has 0 aliphatic carbocycles. The van der Waals surface area contributed by atoms with Crippen molar-refractivity contribution in [2.24, 2.45) is 5.84 Å². The maximum Gasteiger partial charge on any atom is 0.256 e. The number of carbonyl (C=O) groups excluding carboxylic acids is 2. The van der Waals surface area contributed by atoms with Crippen LogP contribution >= 0.6 is 11.8 Å². The molecule has 0 aliphatic rings. The first-order valence-electron chi connectivity index (χ1n) is 3.88. The molecule has 0 aliphatic heterocycles. The minimum absolute atomic E-state index is 0.227. The number of nitrogens with two attached hydrogens (primary N) is 1. The van der Waals surface area contributed by atoms with Crippen molar-refractivity contribution in [1.29, 1.82) is 0 Å². The van der Waals surface area contributed by atoms with Crippen molar-refractivity contribution in [2.75, 3.05) is 12.0 Å². The molecular weight excluding hydrogens is 190 g/mol. The summed E-state index contributed by atoms with van der Waals surface area (Å²) >= 11 is 1.61. The quantitative estimate of drug-likeness (QED) is 0.313. The third-order valence-electron chi connectivity index (χ3n) is 1.45. The fourth-order valence-corrected chi connectivity index (χ4v) is 1.32. The fraction of sp³-hybridized carbons (Fsp3) is 0.714. The third kappa shape index (κ3) is 5.48. The summed E-state index contributed by atoms with van der Waals surface area (Å²) in [5.41, 5.74) is 2.02.